The van der Waals surface area contributed by atoms with E-state index in [-0.39, 0.29) is 65.4 Å². The molecule has 2 aliphatic heterocycles. The smallest absolute Gasteiger partial charge is 0.228 e. The summed E-state index contributed by atoms with van der Waals surface area (Å²) in [6.45, 7) is 6.08. The Labute approximate surface area is 419 Å². The summed E-state index contributed by atoms with van der Waals surface area (Å²) in [4.78, 5) is 52.4. The van der Waals surface area contributed by atoms with Gasteiger partial charge in [-0.05, 0) is 142 Å². The van der Waals surface area contributed by atoms with Crippen molar-refractivity contribution in [1.29, 1.82) is 15.8 Å². The molecule has 13 rings (SSSR count). The number of nitriles is 3. The van der Waals surface area contributed by atoms with Crippen LogP contribution in [0.25, 0.3) is 33.2 Å². The first-order chi connectivity index (χ1) is 35.2. The molecule has 5 heterocycles. The lowest BCUT2D eigenvalue weighted by Crippen LogP contribution is -2.57. The highest BCUT2D eigenvalue weighted by atomic mass is 19.1. The number of rotatable bonds is 13. The van der Waals surface area contributed by atoms with Crippen LogP contribution in [0.15, 0.2) is 66.7 Å². The quantitative estimate of drug-likeness (QED) is 0.111. The number of benzene rings is 2. The third-order valence-corrected chi connectivity index (χ3v) is 17.2. The summed E-state index contributed by atoms with van der Waals surface area (Å²) in [5.74, 6) is 3.22. The standard InChI is InChI=1S/C58H57FN10O3/c1-2-72-52-26-48(52)58(71)69-21-19-67(55-36(27-60)22-42(53(64-55)34-8-9-34)32-12-14-38(59)15-13-32)31-51(69)45-24-43(45)44-25-47(44)54-46(40-4-3-5-49-41(40)17-16-39(29-62)63-49)23-37(28-61)56(65-54)66-18-20-68(57(70)35-10-11-35)50(30-66)33-6-7-33/h3-5,12-17,22-23,33-35,43-45,47-48,50-52H,2,6-11,18-21,24-26,30-31H2,1H3. The molecule has 364 valence electrons. The number of anilines is 2. The molecule has 8 aliphatic rings. The van der Waals surface area contributed by atoms with E-state index in [0.29, 0.717) is 97.6 Å². The maximum Gasteiger partial charge on any atom is 0.228 e. The highest BCUT2D eigenvalue weighted by molar-refractivity contribution is 5.96. The van der Waals surface area contributed by atoms with Crippen LogP contribution in [0.2, 0.25) is 0 Å². The number of hydrogen-bond acceptors (Lipinski definition) is 11. The van der Waals surface area contributed by atoms with Gasteiger partial charge < -0.3 is 24.3 Å². The van der Waals surface area contributed by atoms with Crippen molar-refractivity contribution in [3.05, 3.63) is 101 Å². The van der Waals surface area contributed by atoms with Crippen LogP contribution >= 0.6 is 0 Å². The molecule has 0 N–H and O–H groups in total. The van der Waals surface area contributed by atoms with Gasteiger partial charge in [0.05, 0.1) is 52.1 Å². The highest BCUT2D eigenvalue weighted by Crippen LogP contribution is 2.64. The van der Waals surface area contributed by atoms with Crippen LogP contribution in [0.1, 0.15) is 105 Å². The number of hydrogen-bond donors (Lipinski definition) is 0. The molecule has 8 fully saturated rings. The van der Waals surface area contributed by atoms with E-state index >= 15 is 0 Å². The molecule has 72 heavy (non-hydrogen) atoms. The normalized spacial score (nSPS) is 27.5. The van der Waals surface area contributed by atoms with E-state index < -0.39 is 0 Å². The highest BCUT2D eigenvalue weighted by Gasteiger charge is 2.60. The van der Waals surface area contributed by atoms with E-state index in [1.54, 1.807) is 18.2 Å². The molecule has 14 heteroatoms. The van der Waals surface area contributed by atoms with Crippen molar-refractivity contribution in [2.75, 3.05) is 55.7 Å². The van der Waals surface area contributed by atoms with Crippen molar-refractivity contribution in [1.82, 2.24) is 24.8 Å². The number of carbonyl (C=O) groups excluding carboxylic acids is 2. The topological polar surface area (TPSA) is 166 Å². The zero-order chi connectivity index (χ0) is 48.9. The minimum atomic E-state index is -0.309. The first-order valence-corrected chi connectivity index (χ1v) is 26.4. The number of aromatic nitrogens is 3. The summed E-state index contributed by atoms with van der Waals surface area (Å²) in [7, 11) is 0. The summed E-state index contributed by atoms with van der Waals surface area (Å²) >= 11 is 0. The molecule has 6 saturated carbocycles. The van der Waals surface area contributed by atoms with Gasteiger partial charge in [0, 0.05) is 80.1 Å². The van der Waals surface area contributed by atoms with E-state index in [0.717, 1.165) is 96.8 Å². The lowest BCUT2D eigenvalue weighted by molar-refractivity contribution is -0.137. The van der Waals surface area contributed by atoms with Crippen LogP contribution in [0.5, 0.6) is 0 Å². The molecule has 2 saturated heterocycles. The maximum absolute atomic E-state index is 14.5. The first-order valence-electron chi connectivity index (χ1n) is 26.4. The van der Waals surface area contributed by atoms with Gasteiger partial charge in [0.15, 0.2) is 0 Å². The first kappa shape index (κ1) is 45.0. The van der Waals surface area contributed by atoms with Crippen molar-refractivity contribution in [3.63, 3.8) is 0 Å². The van der Waals surface area contributed by atoms with Crippen LogP contribution in [-0.4, -0.2) is 101 Å². The van der Waals surface area contributed by atoms with Crippen molar-refractivity contribution >= 4 is 34.4 Å². The number of nitrogens with zero attached hydrogens (tertiary/aromatic N) is 10. The second-order valence-electron chi connectivity index (χ2n) is 21.9. The lowest BCUT2D eigenvalue weighted by atomic mass is 9.94. The molecule has 8 unspecified atom stereocenters. The number of carbonyl (C=O) groups is 2. The largest absolute Gasteiger partial charge is 0.378 e. The Morgan fingerprint density at radius 1 is 0.681 bits per heavy atom. The Balaban J connectivity index is 0.832. The SMILES string of the molecule is CCOC1CC1C(=O)N1CCN(c2nc(C3CC3)c(-c3ccc(F)cc3)cc2C#N)CC1C1CC1C1CC1c1nc(N2CCN(C(=O)C3CC3)C(C3CC3)C2)c(C#N)cc1-c1cccc2nc(C#N)ccc12. The molecule has 5 aromatic rings. The predicted molar refractivity (Wildman–Crippen MR) is 268 cm³/mol. The van der Waals surface area contributed by atoms with Gasteiger partial charge in [-0.25, -0.2) is 19.3 Å². The van der Waals surface area contributed by atoms with Crippen molar-refractivity contribution in [3.8, 4) is 40.5 Å². The number of amides is 2. The van der Waals surface area contributed by atoms with Gasteiger partial charge in [-0.3, -0.25) is 9.59 Å². The third kappa shape index (κ3) is 8.20. The van der Waals surface area contributed by atoms with E-state index in [2.05, 4.69) is 48.9 Å². The van der Waals surface area contributed by atoms with Crippen molar-refractivity contribution < 1.29 is 18.7 Å². The Morgan fingerprint density at radius 2 is 1.38 bits per heavy atom. The Morgan fingerprint density at radius 3 is 2.04 bits per heavy atom. The molecular formula is C58H57FN10O3. The van der Waals surface area contributed by atoms with Crippen LogP contribution in [0.3, 0.4) is 0 Å². The second kappa shape index (κ2) is 17.7. The van der Waals surface area contributed by atoms with Crippen LogP contribution < -0.4 is 9.80 Å². The number of pyridine rings is 3. The molecule has 2 amide bonds. The summed E-state index contributed by atoms with van der Waals surface area (Å²) in [5, 5.41) is 32.2. The molecule has 0 bridgehead atoms. The number of fused-ring (bicyclic) bond motifs is 1. The molecule has 6 aliphatic carbocycles. The van der Waals surface area contributed by atoms with Gasteiger partial charge in [0.2, 0.25) is 11.8 Å². The summed E-state index contributed by atoms with van der Waals surface area (Å²) in [6.07, 6.45) is 8.78. The summed E-state index contributed by atoms with van der Waals surface area (Å²) in [5.41, 5.74) is 7.49. The Bertz CT molecular complexity index is 3170. The number of piperazine rings is 2. The maximum atomic E-state index is 14.5. The molecule has 8 atom stereocenters. The van der Waals surface area contributed by atoms with Gasteiger partial charge in [-0.2, -0.15) is 15.8 Å². The minimum absolute atomic E-state index is 0.0528. The molecule has 0 radical (unpaired) electrons. The minimum Gasteiger partial charge on any atom is -0.378 e. The zero-order valence-electron chi connectivity index (χ0n) is 40.6. The fraction of sp³-hybridized carbons (Fsp3) is 0.483. The Kier molecular flexibility index (Phi) is 11.0. The van der Waals surface area contributed by atoms with Gasteiger partial charge in [-0.15, -0.1) is 0 Å². The zero-order valence-corrected chi connectivity index (χ0v) is 40.6. The second-order valence-corrected chi connectivity index (χ2v) is 21.9. The monoisotopic (exact) mass is 960 g/mol. The predicted octanol–water partition coefficient (Wildman–Crippen LogP) is 8.71. The lowest BCUT2D eigenvalue weighted by Gasteiger charge is -2.43. The molecule has 2 aromatic carbocycles. The van der Waals surface area contributed by atoms with E-state index in [9.17, 15) is 29.8 Å². The Hall–Kier alpha value is -6.95. The average molecular weight is 961 g/mol. The summed E-state index contributed by atoms with van der Waals surface area (Å²) < 4.78 is 20.0. The molecule has 3 aromatic heterocycles. The molecular weight excluding hydrogens is 904 g/mol. The van der Waals surface area contributed by atoms with Gasteiger partial charge in [0.25, 0.3) is 0 Å². The number of ether oxygens (including phenoxy) is 1. The third-order valence-electron chi connectivity index (χ3n) is 17.2. The van der Waals surface area contributed by atoms with Gasteiger partial charge in [-0.1, -0.05) is 24.3 Å². The van der Waals surface area contributed by atoms with Gasteiger partial charge >= 0.3 is 0 Å². The van der Waals surface area contributed by atoms with E-state index in [1.165, 1.54) is 12.1 Å². The van der Waals surface area contributed by atoms with Crippen molar-refractivity contribution in [2.45, 2.75) is 94.7 Å². The number of halogens is 1. The van der Waals surface area contributed by atoms with Crippen LogP contribution in [0.4, 0.5) is 16.0 Å². The van der Waals surface area contributed by atoms with Crippen LogP contribution in [0, 0.1) is 75.3 Å². The fourth-order valence-electron chi connectivity index (χ4n) is 12.7. The van der Waals surface area contributed by atoms with Crippen molar-refractivity contribution in [2.24, 2.45) is 35.5 Å². The van der Waals surface area contributed by atoms with Gasteiger partial charge in [0.1, 0.15) is 41.4 Å². The average Bonchev–Trinajstić information content (AvgIpc) is 4.18. The molecule has 13 nitrogen and oxygen atoms in total. The van der Waals surface area contributed by atoms with E-state index in [4.69, 9.17) is 14.7 Å². The van der Waals surface area contributed by atoms with E-state index in [1.807, 2.05) is 37.3 Å². The molecule has 0 spiro atoms. The fourth-order valence-corrected chi connectivity index (χ4v) is 12.7. The van der Waals surface area contributed by atoms with Crippen LogP contribution in [-0.2, 0) is 14.3 Å². The summed E-state index contributed by atoms with van der Waals surface area (Å²) in [6, 6.07) is 27.2.